The van der Waals surface area contributed by atoms with Gasteiger partial charge in [0, 0.05) is 17.8 Å². The molecule has 0 aromatic heterocycles. The summed E-state index contributed by atoms with van der Waals surface area (Å²) in [6.45, 7) is 1.30. The van der Waals surface area contributed by atoms with Gasteiger partial charge in [-0.15, -0.1) is 0 Å². The monoisotopic (exact) mass is 285 g/mol. The second-order valence-corrected chi connectivity index (χ2v) is 4.24. The van der Waals surface area contributed by atoms with Crippen molar-refractivity contribution in [1.82, 2.24) is 5.32 Å². The number of amides is 1. The highest BCUT2D eigenvalue weighted by atomic mass is 79.9. The fourth-order valence-corrected chi connectivity index (χ4v) is 1.78. The predicted octanol–water partition coefficient (Wildman–Crippen LogP) is 1.58. The quantitative estimate of drug-likeness (QED) is 0.883. The van der Waals surface area contributed by atoms with Crippen molar-refractivity contribution in [2.24, 2.45) is 0 Å². The van der Waals surface area contributed by atoms with Crippen LogP contribution >= 0.6 is 15.9 Å². The topological polar surface area (TPSA) is 66.4 Å². The Morgan fingerprint density at radius 2 is 2.06 bits per heavy atom. The zero-order valence-electron chi connectivity index (χ0n) is 8.74. The number of hydrogen-bond acceptors (Lipinski definition) is 2. The van der Waals surface area contributed by atoms with Crippen molar-refractivity contribution < 1.29 is 14.7 Å². The first kappa shape index (κ1) is 12.7. The molecular formula is C11H12BrNO3. The van der Waals surface area contributed by atoms with Crippen molar-refractivity contribution in [3.05, 3.63) is 34.3 Å². The highest BCUT2D eigenvalue weighted by Gasteiger charge is 2.19. The third-order valence-electron chi connectivity index (χ3n) is 2.06. The van der Waals surface area contributed by atoms with Crippen molar-refractivity contribution >= 4 is 27.8 Å². The standard InChI is InChI=1S/C11H12BrNO3/c1-7(14)13-10(11(15)16)6-8-4-2-3-5-9(8)12/h2-5,10H,6H2,1H3,(H,13,14)(H,15,16)/t10-/m0/s1. The molecule has 5 heteroatoms. The highest BCUT2D eigenvalue weighted by molar-refractivity contribution is 9.10. The van der Waals surface area contributed by atoms with E-state index in [2.05, 4.69) is 21.2 Å². The lowest BCUT2D eigenvalue weighted by Crippen LogP contribution is -2.41. The second-order valence-electron chi connectivity index (χ2n) is 3.39. The van der Waals surface area contributed by atoms with Gasteiger partial charge in [0.1, 0.15) is 6.04 Å². The van der Waals surface area contributed by atoms with Crippen LogP contribution in [0.5, 0.6) is 0 Å². The maximum Gasteiger partial charge on any atom is 0.326 e. The number of carboxylic acids is 1. The minimum atomic E-state index is -1.04. The molecule has 0 aliphatic heterocycles. The van der Waals surface area contributed by atoms with Gasteiger partial charge in [-0.2, -0.15) is 0 Å². The number of benzene rings is 1. The number of aliphatic carboxylic acids is 1. The molecule has 0 radical (unpaired) electrons. The van der Waals surface area contributed by atoms with Crippen LogP contribution in [0.1, 0.15) is 12.5 Å². The van der Waals surface area contributed by atoms with Crippen LogP contribution in [-0.4, -0.2) is 23.0 Å². The number of rotatable bonds is 4. The molecule has 0 unspecified atom stereocenters. The van der Waals surface area contributed by atoms with Crippen molar-refractivity contribution in [2.45, 2.75) is 19.4 Å². The summed E-state index contributed by atoms with van der Waals surface area (Å²) in [5.41, 5.74) is 0.851. The van der Waals surface area contributed by atoms with E-state index in [0.29, 0.717) is 0 Å². The van der Waals surface area contributed by atoms with Crippen LogP contribution in [0.25, 0.3) is 0 Å². The van der Waals surface area contributed by atoms with Crippen molar-refractivity contribution in [2.75, 3.05) is 0 Å². The van der Waals surface area contributed by atoms with Crippen LogP contribution in [0.4, 0.5) is 0 Å². The average Bonchev–Trinajstić information content (AvgIpc) is 2.19. The van der Waals surface area contributed by atoms with Gasteiger partial charge in [-0.1, -0.05) is 34.1 Å². The molecule has 0 aliphatic carbocycles. The summed E-state index contributed by atoms with van der Waals surface area (Å²) < 4.78 is 0.839. The first-order valence-electron chi connectivity index (χ1n) is 4.74. The van der Waals surface area contributed by atoms with E-state index in [1.165, 1.54) is 6.92 Å². The number of carboxylic acid groups (broad SMARTS) is 1. The summed E-state index contributed by atoms with van der Waals surface area (Å²) in [4.78, 5) is 21.8. The molecule has 1 amide bonds. The van der Waals surface area contributed by atoms with Crippen molar-refractivity contribution in [3.63, 3.8) is 0 Å². The molecule has 0 aliphatic rings. The van der Waals surface area contributed by atoms with E-state index >= 15 is 0 Å². The summed E-state index contributed by atoms with van der Waals surface area (Å²) in [6.07, 6.45) is 0.260. The summed E-state index contributed by atoms with van der Waals surface area (Å²) in [7, 11) is 0. The van der Waals surface area contributed by atoms with Crippen LogP contribution in [0.2, 0.25) is 0 Å². The van der Waals surface area contributed by atoms with E-state index in [1.54, 1.807) is 0 Å². The van der Waals surface area contributed by atoms with Gasteiger partial charge in [-0.25, -0.2) is 4.79 Å². The summed E-state index contributed by atoms with van der Waals surface area (Å²) in [5, 5.41) is 11.3. The molecule has 86 valence electrons. The molecular weight excluding hydrogens is 274 g/mol. The predicted molar refractivity (Wildman–Crippen MR) is 63.1 cm³/mol. The van der Waals surface area contributed by atoms with Crippen LogP contribution < -0.4 is 5.32 Å². The van der Waals surface area contributed by atoms with E-state index in [-0.39, 0.29) is 12.3 Å². The average molecular weight is 286 g/mol. The van der Waals surface area contributed by atoms with Gasteiger partial charge in [0.15, 0.2) is 0 Å². The second kappa shape index (κ2) is 5.65. The first-order valence-corrected chi connectivity index (χ1v) is 5.53. The largest absolute Gasteiger partial charge is 0.480 e. The Hall–Kier alpha value is -1.36. The van der Waals surface area contributed by atoms with E-state index in [9.17, 15) is 9.59 Å². The summed E-state index contributed by atoms with van der Waals surface area (Å²) in [5.74, 6) is -1.38. The number of carbonyl (C=O) groups excluding carboxylic acids is 1. The Balaban J connectivity index is 2.80. The highest BCUT2D eigenvalue weighted by Crippen LogP contribution is 2.17. The Morgan fingerprint density at radius 3 is 2.56 bits per heavy atom. The van der Waals surface area contributed by atoms with Gasteiger partial charge >= 0.3 is 5.97 Å². The lowest BCUT2D eigenvalue weighted by molar-refractivity contribution is -0.141. The lowest BCUT2D eigenvalue weighted by Gasteiger charge is -2.13. The third kappa shape index (κ3) is 3.66. The van der Waals surface area contributed by atoms with Gasteiger partial charge in [0.05, 0.1) is 0 Å². The summed E-state index contributed by atoms with van der Waals surface area (Å²) in [6, 6.07) is 6.44. The normalized spacial score (nSPS) is 11.9. The number of carbonyl (C=O) groups is 2. The van der Waals surface area contributed by atoms with E-state index < -0.39 is 12.0 Å². The molecule has 1 rings (SSSR count). The Morgan fingerprint density at radius 1 is 1.44 bits per heavy atom. The number of halogens is 1. The fourth-order valence-electron chi connectivity index (χ4n) is 1.33. The van der Waals surface area contributed by atoms with E-state index in [0.717, 1.165) is 10.0 Å². The molecule has 2 N–H and O–H groups in total. The molecule has 16 heavy (non-hydrogen) atoms. The fraction of sp³-hybridized carbons (Fsp3) is 0.273. The van der Waals surface area contributed by atoms with Gasteiger partial charge in [-0.3, -0.25) is 4.79 Å². The van der Waals surface area contributed by atoms with Gasteiger partial charge in [0.2, 0.25) is 5.91 Å². The Kier molecular flexibility index (Phi) is 4.49. The number of hydrogen-bond donors (Lipinski definition) is 2. The minimum Gasteiger partial charge on any atom is -0.480 e. The van der Waals surface area contributed by atoms with Crippen molar-refractivity contribution in [1.29, 1.82) is 0 Å². The zero-order chi connectivity index (χ0) is 12.1. The SMILES string of the molecule is CC(=O)N[C@@H](Cc1ccccc1Br)C(=O)O. The number of nitrogens with one attached hydrogen (secondary N) is 1. The molecule has 0 saturated heterocycles. The van der Waals surface area contributed by atoms with Gasteiger partial charge < -0.3 is 10.4 Å². The van der Waals surface area contributed by atoms with E-state index in [4.69, 9.17) is 5.11 Å². The van der Waals surface area contributed by atoms with Crippen LogP contribution in [0.3, 0.4) is 0 Å². The van der Waals surface area contributed by atoms with E-state index in [1.807, 2.05) is 24.3 Å². The molecule has 0 fully saturated rings. The van der Waals surface area contributed by atoms with Gasteiger partial charge in [-0.05, 0) is 11.6 Å². The maximum atomic E-state index is 10.9. The molecule has 1 aromatic rings. The molecule has 0 heterocycles. The molecule has 4 nitrogen and oxygen atoms in total. The lowest BCUT2D eigenvalue weighted by atomic mass is 10.1. The Labute approximate surface area is 102 Å². The summed E-state index contributed by atoms with van der Waals surface area (Å²) >= 11 is 3.33. The van der Waals surface area contributed by atoms with Gasteiger partial charge in [0.25, 0.3) is 0 Å². The smallest absolute Gasteiger partial charge is 0.326 e. The molecule has 1 aromatic carbocycles. The Bertz CT molecular complexity index is 406. The zero-order valence-corrected chi connectivity index (χ0v) is 10.3. The van der Waals surface area contributed by atoms with Crippen LogP contribution in [-0.2, 0) is 16.0 Å². The third-order valence-corrected chi connectivity index (χ3v) is 2.83. The van der Waals surface area contributed by atoms with Crippen LogP contribution in [0, 0.1) is 0 Å². The molecule has 0 bridgehead atoms. The minimum absolute atomic E-state index is 0.260. The molecule has 1 atom stereocenters. The van der Waals surface area contributed by atoms with Crippen molar-refractivity contribution in [3.8, 4) is 0 Å². The maximum absolute atomic E-state index is 10.9. The van der Waals surface area contributed by atoms with Crippen LogP contribution in [0.15, 0.2) is 28.7 Å². The molecule has 0 spiro atoms. The first-order chi connectivity index (χ1) is 7.50. The molecule has 0 saturated carbocycles.